The van der Waals surface area contributed by atoms with Gasteiger partial charge in [0.2, 0.25) is 0 Å². The van der Waals surface area contributed by atoms with Gasteiger partial charge in [0.05, 0.1) is 12.1 Å². The Balaban J connectivity index is 1.95. The number of rotatable bonds is 10. The Bertz CT molecular complexity index is 796. The molecule has 158 valence electrons. The Hall–Kier alpha value is -2.51. The summed E-state index contributed by atoms with van der Waals surface area (Å²) in [6.07, 6.45) is -0.696. The van der Waals surface area contributed by atoms with Gasteiger partial charge in [-0.1, -0.05) is 31.2 Å². The third kappa shape index (κ3) is 7.79. The van der Waals surface area contributed by atoms with E-state index < -0.39 is 29.9 Å². The molecule has 2 rings (SSSR count). The van der Waals surface area contributed by atoms with Gasteiger partial charge >= 0.3 is 6.09 Å². The van der Waals surface area contributed by atoms with Crippen LogP contribution in [-0.2, 0) is 19.3 Å². The Morgan fingerprint density at radius 1 is 1.03 bits per heavy atom. The number of halogens is 2. The van der Waals surface area contributed by atoms with Crippen molar-refractivity contribution in [2.75, 3.05) is 6.54 Å². The second-order valence-electron chi connectivity index (χ2n) is 7.29. The summed E-state index contributed by atoms with van der Waals surface area (Å²) in [5, 5.41) is 25.0. The van der Waals surface area contributed by atoms with Crippen LogP contribution in [0.15, 0.2) is 42.5 Å². The third-order valence-corrected chi connectivity index (χ3v) is 4.77. The number of nitrogens with one attached hydrogen (secondary N) is 2. The Labute approximate surface area is 169 Å². The summed E-state index contributed by atoms with van der Waals surface area (Å²) in [5.41, 5.74) is 2.70. The molecule has 0 aliphatic carbocycles. The molecule has 5 nitrogen and oxygen atoms in total. The first-order valence-corrected chi connectivity index (χ1v) is 9.70. The molecule has 4 N–H and O–H groups in total. The van der Waals surface area contributed by atoms with Crippen molar-refractivity contribution in [3.8, 4) is 0 Å². The molecule has 29 heavy (non-hydrogen) atoms. The fourth-order valence-corrected chi connectivity index (χ4v) is 3.29. The van der Waals surface area contributed by atoms with E-state index in [1.54, 1.807) is 0 Å². The van der Waals surface area contributed by atoms with Crippen LogP contribution in [0.3, 0.4) is 0 Å². The van der Waals surface area contributed by atoms with E-state index >= 15 is 0 Å². The van der Waals surface area contributed by atoms with Gasteiger partial charge in [0, 0.05) is 18.7 Å². The zero-order valence-corrected chi connectivity index (χ0v) is 16.7. The van der Waals surface area contributed by atoms with Crippen molar-refractivity contribution < 1.29 is 23.8 Å². The van der Waals surface area contributed by atoms with Crippen molar-refractivity contribution in [2.45, 2.75) is 51.3 Å². The van der Waals surface area contributed by atoms with Gasteiger partial charge in [0.1, 0.15) is 11.6 Å². The van der Waals surface area contributed by atoms with E-state index in [0.29, 0.717) is 0 Å². The second-order valence-corrected chi connectivity index (χ2v) is 7.29. The van der Waals surface area contributed by atoms with Crippen molar-refractivity contribution in [2.24, 2.45) is 0 Å². The minimum atomic E-state index is -1.31. The first-order valence-electron chi connectivity index (χ1n) is 9.70. The number of hydrogen-bond donors (Lipinski definition) is 4. The lowest BCUT2D eigenvalue weighted by Gasteiger charge is -2.25. The highest BCUT2D eigenvalue weighted by atomic mass is 19.1. The molecule has 3 atom stereocenters. The van der Waals surface area contributed by atoms with Crippen LogP contribution in [0, 0.1) is 11.6 Å². The second kappa shape index (κ2) is 10.9. The van der Waals surface area contributed by atoms with Crippen molar-refractivity contribution in [3.05, 3.63) is 70.8 Å². The maximum absolute atomic E-state index is 13.4. The van der Waals surface area contributed by atoms with Crippen molar-refractivity contribution in [3.63, 3.8) is 0 Å². The fourth-order valence-electron chi connectivity index (χ4n) is 3.29. The van der Waals surface area contributed by atoms with Crippen LogP contribution in [0.25, 0.3) is 0 Å². The average Bonchev–Trinajstić information content (AvgIpc) is 2.64. The van der Waals surface area contributed by atoms with Gasteiger partial charge in [-0.25, -0.2) is 13.6 Å². The van der Waals surface area contributed by atoms with Crippen molar-refractivity contribution in [1.29, 1.82) is 0 Å². The van der Waals surface area contributed by atoms with Crippen LogP contribution in [0.1, 0.15) is 30.5 Å². The summed E-state index contributed by atoms with van der Waals surface area (Å²) < 4.78 is 26.8. The van der Waals surface area contributed by atoms with Gasteiger partial charge in [-0.3, -0.25) is 0 Å². The van der Waals surface area contributed by atoms with Gasteiger partial charge in [0.25, 0.3) is 0 Å². The van der Waals surface area contributed by atoms with E-state index in [0.717, 1.165) is 31.0 Å². The molecule has 1 unspecified atom stereocenters. The number of carboxylic acid groups (broad SMARTS) is 1. The largest absolute Gasteiger partial charge is 0.465 e. The number of aliphatic hydroxyl groups excluding tert-OH is 1. The Morgan fingerprint density at radius 2 is 1.69 bits per heavy atom. The summed E-state index contributed by atoms with van der Waals surface area (Å²) in [4.78, 5) is 11.1. The zero-order valence-electron chi connectivity index (χ0n) is 16.7. The van der Waals surface area contributed by atoms with Crippen molar-refractivity contribution in [1.82, 2.24) is 10.6 Å². The maximum Gasteiger partial charge on any atom is 0.404 e. The molecule has 0 radical (unpaired) electrons. The molecule has 0 aromatic heterocycles. The van der Waals surface area contributed by atoms with E-state index in [4.69, 9.17) is 5.11 Å². The van der Waals surface area contributed by atoms with Crippen molar-refractivity contribution >= 4 is 6.09 Å². The number of carbonyl (C=O) groups is 1. The lowest BCUT2D eigenvalue weighted by atomic mass is 10.00. The Kier molecular flexibility index (Phi) is 8.54. The summed E-state index contributed by atoms with van der Waals surface area (Å²) in [6.45, 7) is 4.21. The molecule has 1 amide bonds. The molecule has 0 spiro atoms. The molecule has 0 fully saturated rings. The minimum absolute atomic E-state index is 0.0310. The van der Waals surface area contributed by atoms with E-state index in [-0.39, 0.29) is 24.6 Å². The van der Waals surface area contributed by atoms with Gasteiger partial charge < -0.3 is 20.8 Å². The number of benzene rings is 2. The summed E-state index contributed by atoms with van der Waals surface area (Å²) in [5.74, 6) is -1.49. The molecule has 0 saturated heterocycles. The molecule has 0 aliphatic rings. The van der Waals surface area contributed by atoms with Crippen LogP contribution in [0.4, 0.5) is 13.6 Å². The van der Waals surface area contributed by atoms with E-state index in [2.05, 4.69) is 29.7 Å². The standard InChI is InChI=1S/C22H28F2N2O3/c1-3-15-5-4-6-16(8-15)7-14(2)25-13-21(27)20(26-22(28)29)11-17-9-18(23)12-19(24)10-17/h4-6,8-10,12,14,20-21,25-27H,3,7,11,13H2,1-2H3,(H,28,29)/t14?,20-,21-/m0/s1. The first-order chi connectivity index (χ1) is 13.8. The molecular formula is C22H28F2N2O3. The van der Waals surface area contributed by atoms with Gasteiger partial charge in [-0.15, -0.1) is 0 Å². The quantitative estimate of drug-likeness (QED) is 0.488. The first kappa shape index (κ1) is 22.8. The number of aryl methyl sites for hydroxylation is 1. The number of amides is 1. The molecular weight excluding hydrogens is 378 g/mol. The third-order valence-electron chi connectivity index (χ3n) is 4.77. The van der Waals surface area contributed by atoms with Crippen LogP contribution in [-0.4, -0.2) is 41.0 Å². The lowest BCUT2D eigenvalue weighted by Crippen LogP contribution is -2.49. The predicted octanol–water partition coefficient (Wildman–Crippen LogP) is 3.29. The highest BCUT2D eigenvalue weighted by molar-refractivity contribution is 5.65. The topological polar surface area (TPSA) is 81.6 Å². The molecule has 0 aliphatic heterocycles. The van der Waals surface area contributed by atoms with Crippen LogP contribution < -0.4 is 10.6 Å². The van der Waals surface area contributed by atoms with Crippen LogP contribution in [0.2, 0.25) is 0 Å². The fraction of sp³-hybridized carbons (Fsp3) is 0.409. The monoisotopic (exact) mass is 406 g/mol. The van der Waals surface area contributed by atoms with Gasteiger partial charge in [-0.2, -0.15) is 0 Å². The van der Waals surface area contributed by atoms with E-state index in [1.807, 2.05) is 19.1 Å². The summed E-state index contributed by atoms with van der Waals surface area (Å²) in [6, 6.07) is 10.4. The summed E-state index contributed by atoms with van der Waals surface area (Å²) in [7, 11) is 0. The van der Waals surface area contributed by atoms with Gasteiger partial charge in [0.15, 0.2) is 0 Å². The average molecular weight is 406 g/mol. The molecule has 2 aromatic carbocycles. The molecule has 0 bridgehead atoms. The molecule has 7 heteroatoms. The van der Waals surface area contributed by atoms with E-state index in [1.165, 1.54) is 11.1 Å². The highest BCUT2D eigenvalue weighted by Gasteiger charge is 2.22. The van der Waals surface area contributed by atoms with Crippen LogP contribution in [0.5, 0.6) is 0 Å². The van der Waals surface area contributed by atoms with Crippen LogP contribution >= 0.6 is 0 Å². The minimum Gasteiger partial charge on any atom is -0.465 e. The predicted molar refractivity (Wildman–Crippen MR) is 108 cm³/mol. The maximum atomic E-state index is 13.4. The SMILES string of the molecule is CCc1cccc(CC(C)NC[C@H](O)[C@H](Cc2cc(F)cc(F)c2)NC(=O)O)c1. The lowest BCUT2D eigenvalue weighted by molar-refractivity contribution is 0.115. The zero-order chi connectivity index (χ0) is 21.4. The highest BCUT2D eigenvalue weighted by Crippen LogP contribution is 2.12. The molecule has 0 heterocycles. The molecule has 0 saturated carbocycles. The molecule has 2 aromatic rings. The number of aliphatic hydroxyl groups is 1. The summed E-state index contributed by atoms with van der Waals surface area (Å²) >= 11 is 0. The smallest absolute Gasteiger partial charge is 0.404 e. The number of hydrogen-bond acceptors (Lipinski definition) is 3. The normalized spacial score (nSPS) is 14.2. The Morgan fingerprint density at radius 3 is 2.31 bits per heavy atom. The van der Waals surface area contributed by atoms with Gasteiger partial charge in [-0.05, 0) is 55.0 Å². The van der Waals surface area contributed by atoms with E-state index in [9.17, 15) is 18.7 Å².